The van der Waals surface area contributed by atoms with Gasteiger partial charge in [0.15, 0.2) is 11.5 Å². The minimum absolute atomic E-state index is 0.00398. The molecule has 0 bridgehead atoms. The van der Waals surface area contributed by atoms with Crippen LogP contribution < -0.4 is 18.9 Å². The molecule has 1 aromatic heterocycles. The number of nitrogens with zero attached hydrogens (tertiary/aromatic N) is 1. The van der Waals surface area contributed by atoms with E-state index in [0.717, 1.165) is 0 Å². The van der Waals surface area contributed by atoms with E-state index < -0.39 is 17.7 Å². The van der Waals surface area contributed by atoms with E-state index >= 15 is 0 Å². The Bertz CT molecular complexity index is 1300. The number of likely N-dealkylation sites (tertiary alicyclic amines) is 1. The van der Waals surface area contributed by atoms with Gasteiger partial charge in [-0.3, -0.25) is 9.59 Å². The molecule has 0 radical (unpaired) electrons. The highest BCUT2D eigenvalue weighted by molar-refractivity contribution is 6.46. The maximum absolute atomic E-state index is 13.3. The number of aliphatic hydroxyl groups is 1. The van der Waals surface area contributed by atoms with Gasteiger partial charge in [-0.1, -0.05) is 12.7 Å². The maximum atomic E-state index is 13.3. The Morgan fingerprint density at radius 2 is 1.73 bits per heavy atom. The Kier molecular flexibility index (Phi) is 7.52. The summed E-state index contributed by atoms with van der Waals surface area (Å²) >= 11 is 0. The molecule has 1 amide bonds. The molecule has 0 saturated carbocycles. The molecule has 4 rings (SSSR count). The van der Waals surface area contributed by atoms with Gasteiger partial charge < -0.3 is 33.4 Å². The number of rotatable bonds is 10. The van der Waals surface area contributed by atoms with Crippen molar-refractivity contribution in [2.75, 3.05) is 27.9 Å². The number of benzene rings is 2. The molecule has 1 aliphatic rings. The van der Waals surface area contributed by atoms with Gasteiger partial charge in [-0.05, 0) is 54.1 Å². The predicted octanol–water partition coefficient (Wildman–Crippen LogP) is 4.49. The number of Topliss-reactive ketones (excluding diaryl/α,β-unsaturated/α-hetero) is 1. The van der Waals surface area contributed by atoms with Crippen molar-refractivity contribution < 1.29 is 38.1 Å². The fourth-order valence-electron chi connectivity index (χ4n) is 4.24. The van der Waals surface area contributed by atoms with E-state index in [0.29, 0.717) is 46.5 Å². The largest absolute Gasteiger partial charge is 0.507 e. The van der Waals surface area contributed by atoms with Crippen molar-refractivity contribution in [2.24, 2.45) is 0 Å². The monoisotopic (exact) mass is 505 g/mol. The van der Waals surface area contributed by atoms with Crippen LogP contribution in [0.3, 0.4) is 0 Å². The zero-order valence-electron chi connectivity index (χ0n) is 20.7. The number of carbonyl (C=O) groups excluding carboxylic acids is 2. The first-order valence-electron chi connectivity index (χ1n) is 11.4. The lowest BCUT2D eigenvalue weighted by atomic mass is 9.94. The molecule has 37 heavy (non-hydrogen) atoms. The summed E-state index contributed by atoms with van der Waals surface area (Å²) in [6.45, 7) is 3.94. The number of hydrogen-bond acceptors (Lipinski definition) is 8. The summed E-state index contributed by atoms with van der Waals surface area (Å²) in [7, 11) is 4.42. The van der Waals surface area contributed by atoms with Crippen LogP contribution in [0.4, 0.5) is 0 Å². The van der Waals surface area contributed by atoms with Gasteiger partial charge in [-0.15, -0.1) is 0 Å². The third kappa shape index (κ3) is 4.88. The number of ketones is 1. The van der Waals surface area contributed by atoms with Gasteiger partial charge in [-0.2, -0.15) is 0 Å². The van der Waals surface area contributed by atoms with Crippen molar-refractivity contribution in [1.29, 1.82) is 0 Å². The highest BCUT2D eigenvalue weighted by Gasteiger charge is 2.47. The molecule has 192 valence electrons. The van der Waals surface area contributed by atoms with E-state index in [1.54, 1.807) is 54.6 Å². The van der Waals surface area contributed by atoms with Crippen LogP contribution in [0.2, 0.25) is 0 Å². The lowest BCUT2D eigenvalue weighted by molar-refractivity contribution is -0.140. The predicted molar refractivity (Wildman–Crippen MR) is 135 cm³/mol. The summed E-state index contributed by atoms with van der Waals surface area (Å²) in [5.41, 5.74) is 0.748. The van der Waals surface area contributed by atoms with Gasteiger partial charge in [-0.25, -0.2) is 0 Å². The van der Waals surface area contributed by atoms with E-state index in [-0.39, 0.29) is 17.9 Å². The summed E-state index contributed by atoms with van der Waals surface area (Å²) in [6.07, 6.45) is 3.10. The van der Waals surface area contributed by atoms with E-state index in [4.69, 9.17) is 23.4 Å². The molecule has 0 aliphatic carbocycles. The standard InChI is InChI=1S/C28H27NO8/c1-5-12-36-19-10-8-17(9-11-19)25(30)23-24(18-14-21(33-2)27(35-4)22(15-18)34-3)29(28(32)26(23)31)16-20-7-6-13-37-20/h5-11,13-15,24,30H,1,12,16H2,2-4H3. The zero-order chi connectivity index (χ0) is 26.5. The van der Waals surface area contributed by atoms with E-state index in [1.165, 1.54) is 32.5 Å². The van der Waals surface area contributed by atoms with Crippen LogP contribution in [0.15, 0.2) is 77.4 Å². The number of hydrogen-bond donors (Lipinski definition) is 1. The average Bonchev–Trinajstić information content (AvgIpc) is 3.53. The third-order valence-electron chi connectivity index (χ3n) is 5.94. The van der Waals surface area contributed by atoms with Gasteiger partial charge in [0.05, 0.1) is 45.8 Å². The smallest absolute Gasteiger partial charge is 0.296 e. The molecule has 1 aliphatic heterocycles. The number of ether oxygens (including phenoxy) is 4. The topological polar surface area (TPSA) is 108 Å². The minimum Gasteiger partial charge on any atom is -0.507 e. The Morgan fingerprint density at radius 1 is 1.05 bits per heavy atom. The van der Waals surface area contributed by atoms with Crippen molar-refractivity contribution in [1.82, 2.24) is 4.90 Å². The quantitative estimate of drug-likeness (QED) is 0.186. The molecule has 3 aromatic rings. The number of carbonyl (C=O) groups is 2. The molecular weight excluding hydrogens is 478 g/mol. The first-order valence-corrected chi connectivity index (χ1v) is 11.4. The van der Waals surface area contributed by atoms with E-state index in [2.05, 4.69) is 6.58 Å². The number of aliphatic hydroxyl groups excluding tert-OH is 1. The Labute approximate surface area is 214 Å². The fraction of sp³-hybridized carbons (Fsp3) is 0.214. The summed E-state index contributed by atoms with van der Waals surface area (Å²) in [6, 6.07) is 12.3. The van der Waals surface area contributed by atoms with Crippen LogP contribution >= 0.6 is 0 Å². The molecule has 2 aromatic carbocycles. The molecular formula is C28H27NO8. The van der Waals surface area contributed by atoms with Gasteiger partial charge in [0, 0.05) is 5.56 Å². The van der Waals surface area contributed by atoms with Crippen LogP contribution in [0, 0.1) is 0 Å². The zero-order valence-corrected chi connectivity index (χ0v) is 20.7. The van der Waals surface area contributed by atoms with Crippen LogP contribution in [-0.2, 0) is 16.1 Å². The second kappa shape index (κ2) is 10.9. The summed E-state index contributed by atoms with van der Waals surface area (Å²) in [4.78, 5) is 27.9. The van der Waals surface area contributed by atoms with Gasteiger partial charge in [0.1, 0.15) is 23.9 Å². The van der Waals surface area contributed by atoms with Gasteiger partial charge in [0.2, 0.25) is 5.75 Å². The SMILES string of the molecule is C=CCOc1ccc(C(O)=C2C(=O)C(=O)N(Cc3ccco3)C2c2cc(OC)c(OC)c(OC)c2)cc1. The van der Waals surface area contributed by atoms with Crippen molar-refractivity contribution in [3.05, 3.63) is 89.9 Å². The Balaban J connectivity index is 1.88. The molecule has 1 N–H and O–H groups in total. The normalized spacial score (nSPS) is 16.5. The van der Waals surface area contributed by atoms with E-state index in [9.17, 15) is 14.7 Å². The lowest BCUT2D eigenvalue weighted by Crippen LogP contribution is -2.29. The molecule has 0 spiro atoms. The van der Waals surface area contributed by atoms with Crippen molar-refractivity contribution in [2.45, 2.75) is 12.6 Å². The van der Waals surface area contributed by atoms with Gasteiger partial charge in [0.25, 0.3) is 11.7 Å². The van der Waals surface area contributed by atoms with Crippen LogP contribution in [0.5, 0.6) is 23.0 Å². The molecule has 1 atom stereocenters. The van der Waals surface area contributed by atoms with Crippen molar-refractivity contribution in [3.8, 4) is 23.0 Å². The lowest BCUT2D eigenvalue weighted by Gasteiger charge is -2.26. The Morgan fingerprint density at radius 3 is 2.27 bits per heavy atom. The van der Waals surface area contributed by atoms with Gasteiger partial charge >= 0.3 is 0 Å². The molecule has 2 heterocycles. The molecule has 1 saturated heterocycles. The number of furan rings is 1. The highest BCUT2D eigenvalue weighted by Crippen LogP contribution is 2.46. The first-order chi connectivity index (χ1) is 17.9. The van der Waals surface area contributed by atoms with Crippen LogP contribution in [0.25, 0.3) is 5.76 Å². The van der Waals surface area contributed by atoms with Crippen LogP contribution in [0.1, 0.15) is 22.9 Å². The Hall–Kier alpha value is -4.66. The first kappa shape index (κ1) is 25.4. The highest BCUT2D eigenvalue weighted by atomic mass is 16.5. The molecule has 1 fully saturated rings. The summed E-state index contributed by atoms with van der Waals surface area (Å²) in [5, 5.41) is 11.3. The molecule has 9 nitrogen and oxygen atoms in total. The number of methoxy groups -OCH3 is 3. The number of amides is 1. The fourth-order valence-corrected chi connectivity index (χ4v) is 4.24. The minimum atomic E-state index is -0.963. The average molecular weight is 506 g/mol. The second-order valence-corrected chi connectivity index (χ2v) is 8.09. The molecule has 9 heteroatoms. The van der Waals surface area contributed by atoms with Crippen molar-refractivity contribution >= 4 is 17.4 Å². The van der Waals surface area contributed by atoms with E-state index in [1.807, 2.05) is 0 Å². The summed E-state index contributed by atoms with van der Waals surface area (Å²) < 4.78 is 27.3. The maximum Gasteiger partial charge on any atom is 0.296 e. The van der Waals surface area contributed by atoms with Crippen molar-refractivity contribution in [3.63, 3.8) is 0 Å². The molecule has 1 unspecified atom stereocenters. The summed E-state index contributed by atoms with van der Waals surface area (Å²) in [5.74, 6) is 0.144. The van der Waals surface area contributed by atoms with Crippen LogP contribution in [-0.4, -0.2) is 49.6 Å². The second-order valence-electron chi connectivity index (χ2n) is 8.09. The third-order valence-corrected chi connectivity index (χ3v) is 5.94.